The summed E-state index contributed by atoms with van der Waals surface area (Å²) in [6.07, 6.45) is 3.43. The van der Waals surface area contributed by atoms with Crippen LogP contribution in [-0.4, -0.2) is 16.6 Å². The summed E-state index contributed by atoms with van der Waals surface area (Å²) in [5.41, 5.74) is 0. The number of nitrogens with one attached hydrogen (secondary N) is 1. The maximum Gasteiger partial charge on any atom is 0.230 e. The third-order valence-electron chi connectivity index (χ3n) is 2.59. The van der Waals surface area contributed by atoms with Crippen LogP contribution in [0.1, 0.15) is 24.5 Å². The van der Waals surface area contributed by atoms with Crippen molar-refractivity contribution in [1.29, 1.82) is 0 Å². The summed E-state index contributed by atoms with van der Waals surface area (Å²) >= 11 is 1.49. The number of hydrogen-bond donors (Lipinski definition) is 1. The van der Waals surface area contributed by atoms with Crippen molar-refractivity contribution in [3.63, 3.8) is 0 Å². The van der Waals surface area contributed by atoms with Crippen LogP contribution in [0.3, 0.4) is 0 Å². The number of rotatable bonds is 5. The smallest absolute Gasteiger partial charge is 0.230 e. The molecule has 0 saturated heterocycles. The van der Waals surface area contributed by atoms with Crippen molar-refractivity contribution in [2.24, 2.45) is 0 Å². The fourth-order valence-electron chi connectivity index (χ4n) is 1.62. The third kappa shape index (κ3) is 4.13. The van der Waals surface area contributed by atoms with E-state index in [0.29, 0.717) is 5.75 Å². The molecule has 1 N–H and O–H groups in total. The SMILES string of the molecule is Cc1ccc(C(C)NC(=O)CSc2ccncc2)o1. The first kappa shape index (κ1) is 13.7. The van der Waals surface area contributed by atoms with Gasteiger partial charge in [0.25, 0.3) is 0 Å². The van der Waals surface area contributed by atoms with Crippen molar-refractivity contribution in [1.82, 2.24) is 10.3 Å². The van der Waals surface area contributed by atoms with E-state index in [2.05, 4.69) is 10.3 Å². The van der Waals surface area contributed by atoms with Crippen LogP contribution in [0.2, 0.25) is 0 Å². The van der Waals surface area contributed by atoms with Crippen molar-refractivity contribution in [2.45, 2.75) is 24.8 Å². The van der Waals surface area contributed by atoms with Crippen LogP contribution in [0.25, 0.3) is 0 Å². The van der Waals surface area contributed by atoms with Gasteiger partial charge >= 0.3 is 0 Å². The van der Waals surface area contributed by atoms with E-state index in [-0.39, 0.29) is 11.9 Å². The van der Waals surface area contributed by atoms with E-state index in [4.69, 9.17) is 4.42 Å². The topological polar surface area (TPSA) is 55.1 Å². The molecule has 0 spiro atoms. The first-order valence-corrected chi connectivity index (χ1v) is 7.02. The lowest BCUT2D eigenvalue weighted by molar-refractivity contribution is -0.119. The van der Waals surface area contributed by atoms with Crippen LogP contribution in [0, 0.1) is 6.92 Å². The Kier molecular flexibility index (Phi) is 4.63. The number of carbonyl (C=O) groups excluding carboxylic acids is 1. The molecule has 2 heterocycles. The minimum Gasteiger partial charge on any atom is -0.464 e. The Balaban J connectivity index is 1.81. The van der Waals surface area contributed by atoms with Crippen molar-refractivity contribution >= 4 is 17.7 Å². The van der Waals surface area contributed by atoms with Gasteiger partial charge in [0.05, 0.1) is 11.8 Å². The Morgan fingerprint density at radius 2 is 2.11 bits per heavy atom. The van der Waals surface area contributed by atoms with Gasteiger partial charge in [-0.25, -0.2) is 0 Å². The molecular weight excluding hydrogens is 260 g/mol. The maximum absolute atomic E-state index is 11.8. The van der Waals surface area contributed by atoms with Crippen LogP contribution in [0.5, 0.6) is 0 Å². The van der Waals surface area contributed by atoms with E-state index in [0.717, 1.165) is 16.4 Å². The van der Waals surface area contributed by atoms with Gasteiger partial charge in [0.1, 0.15) is 11.5 Å². The molecule has 1 atom stereocenters. The molecule has 0 aliphatic rings. The molecule has 0 aliphatic carbocycles. The van der Waals surface area contributed by atoms with E-state index in [1.807, 2.05) is 38.1 Å². The molecule has 2 rings (SSSR count). The molecule has 2 aromatic heterocycles. The lowest BCUT2D eigenvalue weighted by atomic mass is 10.2. The minimum absolute atomic E-state index is 0.0108. The van der Waals surface area contributed by atoms with Gasteiger partial charge in [-0.2, -0.15) is 0 Å². The quantitative estimate of drug-likeness (QED) is 0.853. The number of furan rings is 1. The number of carbonyl (C=O) groups is 1. The van der Waals surface area contributed by atoms with Crippen molar-refractivity contribution in [2.75, 3.05) is 5.75 Å². The number of hydrogen-bond acceptors (Lipinski definition) is 4. The van der Waals surface area contributed by atoms with Crippen LogP contribution in [0.15, 0.2) is 46.0 Å². The first-order valence-electron chi connectivity index (χ1n) is 6.03. The summed E-state index contributed by atoms with van der Waals surface area (Å²) in [5.74, 6) is 2.00. The molecule has 0 fully saturated rings. The van der Waals surface area contributed by atoms with E-state index in [1.54, 1.807) is 12.4 Å². The highest BCUT2D eigenvalue weighted by Gasteiger charge is 2.12. The molecule has 0 aliphatic heterocycles. The predicted octanol–water partition coefficient (Wildman–Crippen LogP) is 2.95. The highest BCUT2D eigenvalue weighted by molar-refractivity contribution is 8.00. The zero-order valence-electron chi connectivity index (χ0n) is 10.9. The second-order valence-electron chi connectivity index (χ2n) is 4.21. The van der Waals surface area contributed by atoms with Crippen molar-refractivity contribution in [3.05, 3.63) is 48.2 Å². The monoisotopic (exact) mass is 276 g/mol. The number of amides is 1. The molecule has 0 bridgehead atoms. The summed E-state index contributed by atoms with van der Waals surface area (Å²) in [6, 6.07) is 7.44. The number of aromatic nitrogens is 1. The zero-order chi connectivity index (χ0) is 13.7. The summed E-state index contributed by atoms with van der Waals surface area (Å²) in [5, 5.41) is 2.91. The van der Waals surface area contributed by atoms with Crippen LogP contribution in [0.4, 0.5) is 0 Å². The molecule has 100 valence electrons. The molecule has 0 aromatic carbocycles. The second-order valence-corrected chi connectivity index (χ2v) is 5.26. The molecule has 1 amide bonds. The molecule has 4 nitrogen and oxygen atoms in total. The third-order valence-corrected chi connectivity index (χ3v) is 3.60. The maximum atomic E-state index is 11.8. The average Bonchev–Trinajstić information content (AvgIpc) is 2.84. The summed E-state index contributed by atoms with van der Waals surface area (Å²) in [7, 11) is 0. The number of aryl methyl sites for hydroxylation is 1. The lowest BCUT2D eigenvalue weighted by Gasteiger charge is -2.11. The van der Waals surface area contributed by atoms with Gasteiger partial charge in [-0.3, -0.25) is 9.78 Å². The van der Waals surface area contributed by atoms with E-state index >= 15 is 0 Å². The highest BCUT2D eigenvalue weighted by Crippen LogP contribution is 2.18. The van der Waals surface area contributed by atoms with Gasteiger partial charge in [0.15, 0.2) is 0 Å². The molecule has 5 heteroatoms. The summed E-state index contributed by atoms with van der Waals surface area (Å²) < 4.78 is 5.48. The van der Waals surface area contributed by atoms with Crippen molar-refractivity contribution in [3.8, 4) is 0 Å². The Bertz CT molecular complexity index is 539. The van der Waals surface area contributed by atoms with E-state index in [9.17, 15) is 4.79 Å². The molecule has 0 saturated carbocycles. The fourth-order valence-corrected chi connectivity index (χ4v) is 2.32. The largest absolute Gasteiger partial charge is 0.464 e. The highest BCUT2D eigenvalue weighted by atomic mass is 32.2. The van der Waals surface area contributed by atoms with Gasteiger partial charge in [0.2, 0.25) is 5.91 Å². The molecular formula is C14H16N2O2S. The van der Waals surface area contributed by atoms with Crippen LogP contribution >= 0.6 is 11.8 Å². The standard InChI is InChI=1S/C14H16N2O2S/c1-10-3-4-13(18-10)11(2)16-14(17)9-19-12-5-7-15-8-6-12/h3-8,11H,9H2,1-2H3,(H,16,17). The van der Waals surface area contributed by atoms with Gasteiger partial charge in [0, 0.05) is 17.3 Å². The Hall–Kier alpha value is -1.75. The Morgan fingerprint density at radius 3 is 2.74 bits per heavy atom. The van der Waals surface area contributed by atoms with Gasteiger partial charge in [-0.15, -0.1) is 11.8 Å². The predicted molar refractivity (Wildman–Crippen MR) is 75.0 cm³/mol. The Morgan fingerprint density at radius 1 is 1.37 bits per heavy atom. The molecule has 1 unspecified atom stereocenters. The van der Waals surface area contributed by atoms with E-state index in [1.165, 1.54) is 11.8 Å². The van der Waals surface area contributed by atoms with Gasteiger partial charge in [-0.05, 0) is 38.1 Å². The minimum atomic E-state index is -0.112. The van der Waals surface area contributed by atoms with Gasteiger partial charge in [-0.1, -0.05) is 0 Å². The zero-order valence-corrected chi connectivity index (χ0v) is 11.7. The van der Waals surface area contributed by atoms with E-state index < -0.39 is 0 Å². The fraction of sp³-hybridized carbons (Fsp3) is 0.286. The number of thioether (sulfide) groups is 1. The lowest BCUT2D eigenvalue weighted by Crippen LogP contribution is -2.27. The van der Waals surface area contributed by atoms with Crippen LogP contribution < -0.4 is 5.32 Å². The molecule has 2 aromatic rings. The van der Waals surface area contributed by atoms with Gasteiger partial charge < -0.3 is 9.73 Å². The van der Waals surface area contributed by atoms with Crippen molar-refractivity contribution < 1.29 is 9.21 Å². The number of nitrogens with zero attached hydrogens (tertiary/aromatic N) is 1. The van der Waals surface area contributed by atoms with Crippen LogP contribution in [-0.2, 0) is 4.79 Å². The summed E-state index contributed by atoms with van der Waals surface area (Å²) in [6.45, 7) is 3.80. The first-order chi connectivity index (χ1) is 9.15. The second kappa shape index (κ2) is 6.43. The summed E-state index contributed by atoms with van der Waals surface area (Å²) in [4.78, 5) is 16.8. The molecule has 19 heavy (non-hydrogen) atoms. The molecule has 0 radical (unpaired) electrons. The Labute approximate surface area is 116 Å². The normalized spacial score (nSPS) is 12.1. The average molecular weight is 276 g/mol. The number of pyridine rings is 1.